The van der Waals surface area contributed by atoms with Gasteiger partial charge in [-0.25, -0.2) is 4.98 Å². The summed E-state index contributed by atoms with van der Waals surface area (Å²) in [6, 6.07) is 8.46. The molecule has 0 unspecified atom stereocenters. The van der Waals surface area contributed by atoms with Crippen molar-refractivity contribution in [3.05, 3.63) is 24.3 Å². The van der Waals surface area contributed by atoms with Crippen molar-refractivity contribution in [2.24, 2.45) is 5.73 Å². The Morgan fingerprint density at radius 1 is 1.28 bits per heavy atom. The molecule has 134 valence electrons. The second kappa shape index (κ2) is 7.27. The van der Waals surface area contributed by atoms with Gasteiger partial charge in [-0.15, -0.1) is 0 Å². The maximum Gasteiger partial charge on any atom is 0.249 e. The van der Waals surface area contributed by atoms with Crippen molar-refractivity contribution >= 4 is 32.6 Å². The number of hydrogen-bond donors (Lipinski definition) is 2. The summed E-state index contributed by atoms with van der Waals surface area (Å²) in [5.41, 5.74) is 6.67. The summed E-state index contributed by atoms with van der Waals surface area (Å²) in [5.74, 6) is 0.0226. The van der Waals surface area contributed by atoms with Crippen LogP contribution >= 0.6 is 11.3 Å². The van der Waals surface area contributed by atoms with Crippen LogP contribution in [0.3, 0.4) is 0 Å². The zero-order valence-electron chi connectivity index (χ0n) is 14.2. The molecule has 3 N–H and O–H groups in total. The molecule has 2 aliphatic heterocycles. The number of aromatic nitrogens is 1. The normalized spacial score (nSPS) is 24.8. The molecule has 2 saturated heterocycles. The minimum absolute atomic E-state index is 0.0226. The zero-order chi connectivity index (χ0) is 17.2. The molecular weight excluding hydrogens is 336 g/mol. The van der Waals surface area contributed by atoms with Crippen molar-refractivity contribution in [3.8, 4) is 0 Å². The van der Waals surface area contributed by atoms with Crippen LogP contribution in [0.4, 0.5) is 5.13 Å². The van der Waals surface area contributed by atoms with Crippen molar-refractivity contribution in [1.29, 1.82) is 0 Å². The number of anilines is 1. The molecule has 25 heavy (non-hydrogen) atoms. The molecule has 2 atom stereocenters. The van der Waals surface area contributed by atoms with E-state index < -0.39 is 0 Å². The molecule has 0 aliphatic carbocycles. The minimum atomic E-state index is -0.323. The first-order valence-electron chi connectivity index (χ1n) is 8.99. The average molecular weight is 360 g/mol. The lowest BCUT2D eigenvalue weighted by molar-refractivity contribution is -0.132. The molecule has 6 nitrogen and oxygen atoms in total. The highest BCUT2D eigenvalue weighted by Gasteiger charge is 2.32. The van der Waals surface area contributed by atoms with Gasteiger partial charge in [0, 0.05) is 25.7 Å². The number of thiazole rings is 1. The van der Waals surface area contributed by atoms with E-state index in [0.29, 0.717) is 6.54 Å². The number of benzene rings is 1. The predicted octanol–water partition coefficient (Wildman–Crippen LogP) is 1.89. The van der Waals surface area contributed by atoms with Crippen LogP contribution < -0.4 is 16.0 Å². The highest BCUT2D eigenvalue weighted by Crippen LogP contribution is 2.30. The largest absolute Gasteiger partial charge is 0.364 e. The number of piperidine rings is 1. The molecule has 1 aromatic carbocycles. The maximum atomic E-state index is 12.3. The van der Waals surface area contributed by atoms with Crippen molar-refractivity contribution in [3.63, 3.8) is 0 Å². The van der Waals surface area contributed by atoms with Gasteiger partial charge >= 0.3 is 0 Å². The summed E-state index contributed by atoms with van der Waals surface area (Å²) < 4.78 is 6.91. The van der Waals surface area contributed by atoms with Gasteiger partial charge in [-0.1, -0.05) is 23.5 Å². The van der Waals surface area contributed by atoms with Crippen LogP contribution in [-0.2, 0) is 9.53 Å². The van der Waals surface area contributed by atoms with Gasteiger partial charge in [-0.05, 0) is 37.8 Å². The van der Waals surface area contributed by atoms with E-state index >= 15 is 0 Å². The number of nitrogens with two attached hydrogens (primary N) is 1. The molecule has 4 rings (SSSR count). The van der Waals surface area contributed by atoms with E-state index in [1.807, 2.05) is 12.1 Å². The topological polar surface area (TPSA) is 80.5 Å². The first kappa shape index (κ1) is 16.8. The number of amides is 1. The number of hydrogen-bond acceptors (Lipinski definition) is 6. The summed E-state index contributed by atoms with van der Waals surface area (Å²) in [4.78, 5) is 19.4. The van der Waals surface area contributed by atoms with Gasteiger partial charge in [0.15, 0.2) is 5.13 Å². The smallest absolute Gasteiger partial charge is 0.249 e. The highest BCUT2D eigenvalue weighted by atomic mass is 32.1. The van der Waals surface area contributed by atoms with Crippen molar-refractivity contribution in [2.45, 2.75) is 43.9 Å². The minimum Gasteiger partial charge on any atom is -0.364 e. The number of nitrogens with zero attached hydrogens (tertiary/aromatic N) is 2. The monoisotopic (exact) mass is 360 g/mol. The fourth-order valence-corrected chi connectivity index (χ4v) is 4.59. The molecule has 1 aromatic heterocycles. The Balaban J connectivity index is 1.30. The van der Waals surface area contributed by atoms with E-state index in [1.165, 1.54) is 4.70 Å². The third-order valence-corrected chi connectivity index (χ3v) is 6.15. The molecule has 7 heteroatoms. The van der Waals surface area contributed by atoms with Crippen LogP contribution in [0, 0.1) is 0 Å². The average Bonchev–Trinajstić information content (AvgIpc) is 3.29. The number of carbonyl (C=O) groups is 1. The third-order valence-electron chi connectivity index (χ3n) is 5.06. The molecule has 2 fully saturated rings. The number of para-hydroxylation sites is 1. The van der Waals surface area contributed by atoms with E-state index in [-0.39, 0.29) is 24.2 Å². The summed E-state index contributed by atoms with van der Waals surface area (Å²) in [6.45, 7) is 2.33. The molecule has 0 radical (unpaired) electrons. The Hall–Kier alpha value is -1.70. The third kappa shape index (κ3) is 3.63. The Morgan fingerprint density at radius 3 is 2.80 bits per heavy atom. The molecular formula is C18H24N4O2S. The number of nitrogens with one attached hydrogen (secondary N) is 1. The van der Waals surface area contributed by atoms with E-state index in [9.17, 15) is 4.79 Å². The van der Waals surface area contributed by atoms with E-state index in [2.05, 4.69) is 22.3 Å². The summed E-state index contributed by atoms with van der Waals surface area (Å²) >= 11 is 1.74. The van der Waals surface area contributed by atoms with Crippen LogP contribution in [0.5, 0.6) is 0 Å². The van der Waals surface area contributed by atoms with Gasteiger partial charge in [0.2, 0.25) is 5.91 Å². The van der Waals surface area contributed by atoms with Crippen LogP contribution in [0.25, 0.3) is 10.2 Å². The Labute approximate surface area is 151 Å². The number of rotatable bonds is 4. The number of fused-ring (bicyclic) bond motifs is 1. The summed E-state index contributed by atoms with van der Waals surface area (Å²) in [6.07, 6.45) is 3.25. The van der Waals surface area contributed by atoms with Crippen molar-refractivity contribution in [2.75, 3.05) is 24.5 Å². The molecule has 2 aromatic rings. The van der Waals surface area contributed by atoms with Gasteiger partial charge < -0.3 is 20.7 Å². The molecule has 0 bridgehead atoms. The van der Waals surface area contributed by atoms with Crippen molar-refractivity contribution in [1.82, 2.24) is 10.3 Å². The van der Waals surface area contributed by atoms with Crippen LogP contribution in [0.15, 0.2) is 24.3 Å². The van der Waals surface area contributed by atoms with Crippen molar-refractivity contribution < 1.29 is 9.53 Å². The van der Waals surface area contributed by atoms with Gasteiger partial charge in [0.25, 0.3) is 0 Å². The fraction of sp³-hybridized carbons (Fsp3) is 0.556. The first-order valence-corrected chi connectivity index (χ1v) is 9.81. The lowest BCUT2D eigenvalue weighted by Crippen LogP contribution is -2.47. The van der Waals surface area contributed by atoms with Gasteiger partial charge in [-0.2, -0.15) is 0 Å². The Bertz CT molecular complexity index is 709. The second-order valence-electron chi connectivity index (χ2n) is 6.79. The van der Waals surface area contributed by atoms with E-state index in [0.717, 1.165) is 49.4 Å². The van der Waals surface area contributed by atoms with Crippen LogP contribution in [0.2, 0.25) is 0 Å². The van der Waals surface area contributed by atoms with Gasteiger partial charge in [-0.3, -0.25) is 4.79 Å². The number of carbonyl (C=O) groups excluding carboxylic acids is 1. The lowest BCUT2D eigenvalue weighted by atomic mass is 10.0. The standard InChI is InChI=1S/C18H24N4O2S/c19-11-13-5-6-15(24-13)17(23)20-12-7-9-22(10-8-12)18-21-14-3-1-2-4-16(14)25-18/h1-4,12-13,15H,5-11,19H2,(H,20,23)/t13-,15+/m1/s1. The molecule has 3 heterocycles. The van der Waals surface area contributed by atoms with E-state index in [1.54, 1.807) is 11.3 Å². The molecule has 0 spiro atoms. The lowest BCUT2D eigenvalue weighted by Gasteiger charge is -2.32. The molecule has 1 amide bonds. The fourth-order valence-electron chi connectivity index (χ4n) is 3.58. The quantitative estimate of drug-likeness (QED) is 0.870. The Morgan fingerprint density at radius 2 is 2.08 bits per heavy atom. The van der Waals surface area contributed by atoms with Gasteiger partial charge in [0.05, 0.1) is 16.3 Å². The molecule has 0 saturated carbocycles. The second-order valence-corrected chi connectivity index (χ2v) is 7.80. The summed E-state index contributed by atoms with van der Waals surface area (Å²) in [5, 5.41) is 4.24. The zero-order valence-corrected chi connectivity index (χ0v) is 15.0. The van der Waals surface area contributed by atoms with Gasteiger partial charge in [0.1, 0.15) is 6.10 Å². The number of ether oxygens (including phenoxy) is 1. The maximum absolute atomic E-state index is 12.3. The Kier molecular flexibility index (Phi) is 4.87. The van der Waals surface area contributed by atoms with E-state index in [4.69, 9.17) is 15.5 Å². The first-order chi connectivity index (χ1) is 12.2. The predicted molar refractivity (Wildman–Crippen MR) is 99.9 cm³/mol. The SMILES string of the molecule is NC[C@H]1CC[C@@H](C(=O)NC2CCN(c3nc4ccccc4s3)CC2)O1. The van der Waals surface area contributed by atoms with Crippen LogP contribution in [-0.4, -0.2) is 48.8 Å². The van der Waals surface area contributed by atoms with Crippen LogP contribution in [0.1, 0.15) is 25.7 Å². The summed E-state index contributed by atoms with van der Waals surface area (Å²) in [7, 11) is 0. The highest BCUT2D eigenvalue weighted by molar-refractivity contribution is 7.22. The molecule has 2 aliphatic rings.